The molecule has 330 valence electrons. The van der Waals surface area contributed by atoms with Crippen molar-refractivity contribution in [3.63, 3.8) is 0 Å². The molecule has 4 nitrogen and oxygen atoms in total. The quantitative estimate of drug-likeness (QED) is 0.152. The molecule has 4 heteroatoms. The molecule has 1 aliphatic carbocycles. The highest BCUT2D eigenvalue weighted by atomic mass is 16.3. The van der Waals surface area contributed by atoms with Crippen molar-refractivity contribution in [2.24, 2.45) is 0 Å². The Morgan fingerprint density at radius 2 is 0.768 bits per heavy atom. The lowest BCUT2D eigenvalue weighted by atomic mass is 9.67. The fraction of sp³-hybridized carbons (Fsp3) is 0.0769. The van der Waals surface area contributed by atoms with Gasteiger partial charge in [0.1, 0.15) is 16.7 Å². The van der Waals surface area contributed by atoms with Gasteiger partial charge in [0.15, 0.2) is 5.58 Å². The Morgan fingerprint density at radius 3 is 1.30 bits per heavy atom. The van der Waals surface area contributed by atoms with E-state index in [2.05, 4.69) is 256 Å². The number of hydrogen-bond donors (Lipinski definition) is 0. The predicted octanol–water partition coefficient (Wildman–Crippen LogP) is 18.0. The van der Waals surface area contributed by atoms with Crippen LogP contribution in [0, 0.1) is 27.7 Å². The van der Waals surface area contributed by atoms with Gasteiger partial charge in [0.25, 0.3) is 0 Å². The molecule has 13 rings (SSSR count). The molecule has 69 heavy (non-hydrogen) atoms. The molecule has 0 atom stereocenters. The SMILES string of the molecule is Cc1ccc(C)c(N(c2ccccc2)c2cc3c(c4c2oc2ccccc24)-c2c(cc(N(c4ccccc4)c4cc(C)ccc4C)c4c2oc2ccccc24)C3(c2ccccc2)c2ccccc2)c1. The molecule has 0 spiro atoms. The summed E-state index contributed by atoms with van der Waals surface area (Å²) in [5.74, 6) is 0. The van der Waals surface area contributed by atoms with E-state index < -0.39 is 5.41 Å². The normalized spacial score (nSPS) is 12.8. The lowest BCUT2D eigenvalue weighted by Gasteiger charge is -2.36. The fourth-order valence-electron chi connectivity index (χ4n) is 11.4. The minimum atomic E-state index is -0.843. The molecule has 10 aromatic carbocycles. The molecular weight excluding hydrogens is 841 g/mol. The summed E-state index contributed by atoms with van der Waals surface area (Å²) >= 11 is 0. The number of nitrogens with zero attached hydrogens (tertiary/aromatic N) is 2. The molecule has 1 aliphatic rings. The Bertz CT molecular complexity index is 3910. The zero-order valence-corrected chi connectivity index (χ0v) is 39.0. The van der Waals surface area contributed by atoms with E-state index in [0.717, 1.165) is 117 Å². The Hall–Kier alpha value is -8.60. The zero-order chi connectivity index (χ0) is 46.4. The summed E-state index contributed by atoms with van der Waals surface area (Å²) < 4.78 is 14.7. The lowest BCUT2D eigenvalue weighted by Crippen LogP contribution is -2.29. The van der Waals surface area contributed by atoms with Gasteiger partial charge in [-0.25, -0.2) is 0 Å². The van der Waals surface area contributed by atoms with Crippen LogP contribution in [0.15, 0.2) is 227 Å². The lowest BCUT2D eigenvalue weighted by molar-refractivity contribution is 0.668. The molecule has 0 bridgehead atoms. The number of para-hydroxylation sites is 4. The molecule has 0 saturated carbocycles. The molecule has 12 aromatic rings. The molecule has 0 N–H and O–H groups in total. The average molecular weight is 889 g/mol. The Labute approximate surface area is 401 Å². The highest BCUT2D eigenvalue weighted by molar-refractivity contribution is 6.26. The first-order valence-corrected chi connectivity index (χ1v) is 23.8. The Kier molecular flexibility index (Phi) is 9.28. The summed E-state index contributed by atoms with van der Waals surface area (Å²) in [6.45, 7) is 8.77. The third kappa shape index (κ3) is 6.08. The van der Waals surface area contributed by atoms with Crippen LogP contribution < -0.4 is 9.80 Å². The third-order valence-corrected chi connectivity index (χ3v) is 14.5. The first-order chi connectivity index (χ1) is 33.9. The highest BCUT2D eigenvalue weighted by Gasteiger charge is 2.50. The van der Waals surface area contributed by atoms with Gasteiger partial charge in [0, 0.05) is 50.0 Å². The van der Waals surface area contributed by atoms with E-state index in [1.165, 1.54) is 16.7 Å². The van der Waals surface area contributed by atoms with Crippen LogP contribution >= 0.6 is 0 Å². The number of fused-ring (bicyclic) bond motifs is 11. The maximum absolute atomic E-state index is 7.45. The maximum Gasteiger partial charge on any atom is 0.160 e. The zero-order valence-electron chi connectivity index (χ0n) is 39.0. The summed E-state index contributed by atoms with van der Waals surface area (Å²) in [5.41, 5.74) is 20.3. The summed E-state index contributed by atoms with van der Waals surface area (Å²) in [7, 11) is 0. The van der Waals surface area contributed by atoms with Gasteiger partial charge in [-0.3, -0.25) is 0 Å². The monoisotopic (exact) mass is 888 g/mol. The summed E-state index contributed by atoms with van der Waals surface area (Å²) in [5, 5.41) is 4.23. The van der Waals surface area contributed by atoms with Crippen molar-refractivity contribution < 1.29 is 8.83 Å². The fourth-order valence-corrected chi connectivity index (χ4v) is 11.4. The second-order valence-corrected chi connectivity index (χ2v) is 18.6. The maximum atomic E-state index is 7.45. The Balaban J connectivity index is 1.28. The van der Waals surface area contributed by atoms with Crippen LogP contribution in [0.25, 0.3) is 55.0 Å². The molecule has 0 saturated heterocycles. The second kappa shape index (κ2) is 15.8. The topological polar surface area (TPSA) is 32.8 Å². The van der Waals surface area contributed by atoms with Crippen molar-refractivity contribution in [1.29, 1.82) is 0 Å². The molecular formula is C65H48N2O2. The van der Waals surface area contributed by atoms with Crippen LogP contribution in [0.5, 0.6) is 0 Å². The molecule has 0 fully saturated rings. The van der Waals surface area contributed by atoms with Gasteiger partial charge in [-0.15, -0.1) is 0 Å². The number of anilines is 6. The van der Waals surface area contributed by atoms with Crippen LogP contribution in [0.1, 0.15) is 44.5 Å². The molecule has 2 heterocycles. The number of aryl methyl sites for hydroxylation is 4. The summed E-state index contributed by atoms with van der Waals surface area (Å²) in [6, 6.07) is 79.3. The highest BCUT2D eigenvalue weighted by Crippen LogP contribution is 2.64. The predicted molar refractivity (Wildman–Crippen MR) is 287 cm³/mol. The minimum Gasteiger partial charge on any atom is -0.455 e. The number of benzene rings is 10. The van der Waals surface area contributed by atoms with E-state index in [0.29, 0.717) is 0 Å². The minimum absolute atomic E-state index is 0.817. The van der Waals surface area contributed by atoms with E-state index in [4.69, 9.17) is 8.83 Å². The Morgan fingerprint density at radius 1 is 0.348 bits per heavy atom. The van der Waals surface area contributed by atoms with Crippen molar-refractivity contribution in [2.75, 3.05) is 9.80 Å². The van der Waals surface area contributed by atoms with Gasteiger partial charge in [0.05, 0.1) is 22.2 Å². The number of furan rings is 2. The molecule has 2 aromatic heterocycles. The standard InChI is InChI=1S/C65H48N2O2/c1-41-33-35-43(3)53(37-41)66(47-25-13-7-14-26-47)55-39-52-62(64-59(55)49-29-17-19-31-57(49)69-64)61-51(65(52,45-21-9-5-10-22-45)46-23-11-6-12-24-46)40-56(63-60(61)50-30-18-20-32-58(50)68-63)67(48-27-15-8-16-28-48)54-38-42(2)34-36-44(54)4/h5-40H,1-4H3. The van der Waals surface area contributed by atoms with Gasteiger partial charge in [-0.05, 0) is 133 Å². The van der Waals surface area contributed by atoms with Crippen LogP contribution in [0.3, 0.4) is 0 Å². The van der Waals surface area contributed by atoms with Gasteiger partial charge in [-0.1, -0.05) is 158 Å². The van der Waals surface area contributed by atoms with E-state index in [1.807, 2.05) is 0 Å². The molecule has 0 unspecified atom stereocenters. The van der Waals surface area contributed by atoms with E-state index in [1.54, 1.807) is 0 Å². The van der Waals surface area contributed by atoms with Crippen molar-refractivity contribution >= 4 is 78.0 Å². The van der Waals surface area contributed by atoms with Gasteiger partial charge < -0.3 is 18.6 Å². The number of hydrogen-bond acceptors (Lipinski definition) is 4. The third-order valence-electron chi connectivity index (χ3n) is 14.5. The van der Waals surface area contributed by atoms with E-state index in [-0.39, 0.29) is 0 Å². The first kappa shape index (κ1) is 40.7. The second-order valence-electron chi connectivity index (χ2n) is 18.6. The smallest absolute Gasteiger partial charge is 0.160 e. The van der Waals surface area contributed by atoms with E-state index in [9.17, 15) is 0 Å². The number of rotatable bonds is 8. The van der Waals surface area contributed by atoms with Crippen LogP contribution in [-0.2, 0) is 5.41 Å². The largest absolute Gasteiger partial charge is 0.455 e. The van der Waals surface area contributed by atoms with Crippen molar-refractivity contribution in [2.45, 2.75) is 33.1 Å². The van der Waals surface area contributed by atoms with Gasteiger partial charge >= 0.3 is 0 Å². The van der Waals surface area contributed by atoms with Crippen molar-refractivity contribution in [3.05, 3.63) is 263 Å². The molecule has 0 radical (unpaired) electrons. The van der Waals surface area contributed by atoms with Crippen molar-refractivity contribution in [3.8, 4) is 11.1 Å². The van der Waals surface area contributed by atoms with Gasteiger partial charge in [0.2, 0.25) is 0 Å². The van der Waals surface area contributed by atoms with E-state index >= 15 is 0 Å². The van der Waals surface area contributed by atoms with Gasteiger partial charge in [-0.2, -0.15) is 0 Å². The first-order valence-electron chi connectivity index (χ1n) is 23.8. The molecule has 0 aliphatic heterocycles. The summed E-state index contributed by atoms with van der Waals surface area (Å²) in [6.07, 6.45) is 0. The average Bonchev–Trinajstić information content (AvgIpc) is 4.06. The van der Waals surface area contributed by atoms with Crippen LogP contribution in [-0.4, -0.2) is 0 Å². The van der Waals surface area contributed by atoms with Crippen LogP contribution in [0.2, 0.25) is 0 Å². The van der Waals surface area contributed by atoms with Crippen LogP contribution in [0.4, 0.5) is 34.1 Å². The molecule has 0 amide bonds. The van der Waals surface area contributed by atoms with Crippen molar-refractivity contribution in [1.82, 2.24) is 0 Å². The summed E-state index contributed by atoms with van der Waals surface area (Å²) in [4.78, 5) is 4.87.